The Morgan fingerprint density at radius 3 is 2.81 bits per heavy atom. The average molecular weight is 339 g/mol. The minimum atomic E-state index is -0.236. The van der Waals surface area contributed by atoms with E-state index in [0.717, 1.165) is 9.75 Å². The van der Waals surface area contributed by atoms with Crippen LogP contribution in [0, 0.1) is 11.8 Å². The number of nitrogens with one attached hydrogen (secondary N) is 1. The zero-order valence-corrected chi connectivity index (χ0v) is 13.3. The van der Waals surface area contributed by atoms with Crippen molar-refractivity contribution in [2.75, 3.05) is 6.54 Å². The van der Waals surface area contributed by atoms with Crippen LogP contribution in [0.4, 0.5) is 0 Å². The SMILES string of the molecule is NCC#Cc1ccc(CNC(=O)c2ccc(Cl)cc2Cl)s1. The number of carbonyl (C=O) groups is 1. The van der Waals surface area contributed by atoms with Gasteiger partial charge in [-0.2, -0.15) is 0 Å². The quantitative estimate of drug-likeness (QED) is 0.843. The van der Waals surface area contributed by atoms with Gasteiger partial charge in [0.25, 0.3) is 5.91 Å². The van der Waals surface area contributed by atoms with E-state index in [4.69, 9.17) is 28.9 Å². The van der Waals surface area contributed by atoms with Gasteiger partial charge in [0, 0.05) is 9.90 Å². The topological polar surface area (TPSA) is 55.1 Å². The zero-order valence-electron chi connectivity index (χ0n) is 11.0. The smallest absolute Gasteiger partial charge is 0.253 e. The van der Waals surface area contributed by atoms with E-state index in [-0.39, 0.29) is 5.91 Å². The first-order valence-electron chi connectivity index (χ1n) is 6.11. The van der Waals surface area contributed by atoms with Crippen LogP contribution in [0.5, 0.6) is 0 Å². The number of halogens is 2. The van der Waals surface area contributed by atoms with Crippen LogP contribution in [0.15, 0.2) is 30.3 Å². The van der Waals surface area contributed by atoms with E-state index in [1.54, 1.807) is 18.2 Å². The standard InChI is InChI=1S/C15H12Cl2N2OS/c16-10-3-6-13(14(17)8-10)15(20)19-9-12-5-4-11(21-12)2-1-7-18/h3-6,8H,7,9,18H2,(H,19,20). The number of hydrogen-bond donors (Lipinski definition) is 2. The van der Waals surface area contributed by atoms with Gasteiger partial charge in [0.05, 0.1) is 28.6 Å². The Hall–Kier alpha value is -1.51. The van der Waals surface area contributed by atoms with Crippen molar-refractivity contribution in [3.63, 3.8) is 0 Å². The molecule has 0 fully saturated rings. The molecule has 0 aliphatic heterocycles. The Bertz CT molecular complexity index is 716. The van der Waals surface area contributed by atoms with Gasteiger partial charge in [-0.05, 0) is 30.3 Å². The van der Waals surface area contributed by atoms with Gasteiger partial charge in [0.1, 0.15) is 0 Å². The number of amides is 1. The Balaban J connectivity index is 1.99. The van der Waals surface area contributed by atoms with Gasteiger partial charge in [-0.1, -0.05) is 35.0 Å². The van der Waals surface area contributed by atoms with E-state index < -0.39 is 0 Å². The lowest BCUT2D eigenvalue weighted by atomic mass is 10.2. The average Bonchev–Trinajstić information content (AvgIpc) is 2.90. The maximum Gasteiger partial charge on any atom is 0.253 e. The molecule has 2 aromatic rings. The number of hydrogen-bond acceptors (Lipinski definition) is 3. The summed E-state index contributed by atoms with van der Waals surface area (Å²) in [5, 5.41) is 3.65. The van der Waals surface area contributed by atoms with Crippen molar-refractivity contribution in [1.29, 1.82) is 0 Å². The van der Waals surface area contributed by atoms with Crippen molar-refractivity contribution in [2.45, 2.75) is 6.54 Å². The van der Waals surface area contributed by atoms with Crippen LogP contribution in [0.3, 0.4) is 0 Å². The van der Waals surface area contributed by atoms with Crippen molar-refractivity contribution < 1.29 is 4.79 Å². The van der Waals surface area contributed by atoms with Crippen molar-refractivity contribution in [3.8, 4) is 11.8 Å². The number of benzene rings is 1. The summed E-state index contributed by atoms with van der Waals surface area (Å²) in [4.78, 5) is 14.0. The molecule has 0 atom stereocenters. The van der Waals surface area contributed by atoms with Crippen LogP contribution in [-0.2, 0) is 6.54 Å². The Labute approximate surface area is 137 Å². The molecule has 0 aliphatic rings. The third-order valence-electron chi connectivity index (χ3n) is 2.57. The minimum Gasteiger partial charge on any atom is -0.347 e. The molecule has 108 valence electrons. The van der Waals surface area contributed by atoms with E-state index >= 15 is 0 Å². The molecule has 3 nitrogen and oxygen atoms in total. The van der Waals surface area contributed by atoms with Crippen molar-refractivity contribution in [3.05, 3.63) is 55.7 Å². The first kappa shape index (κ1) is 15.9. The molecule has 0 aliphatic carbocycles. The molecule has 1 heterocycles. The van der Waals surface area contributed by atoms with Crippen molar-refractivity contribution in [1.82, 2.24) is 5.32 Å². The molecule has 0 bridgehead atoms. The summed E-state index contributed by atoms with van der Waals surface area (Å²) in [7, 11) is 0. The van der Waals surface area contributed by atoms with Gasteiger partial charge in [0.2, 0.25) is 0 Å². The van der Waals surface area contributed by atoms with E-state index in [2.05, 4.69) is 17.2 Å². The highest BCUT2D eigenvalue weighted by Gasteiger charge is 2.10. The predicted octanol–water partition coefficient (Wildman–Crippen LogP) is 3.30. The molecule has 3 N–H and O–H groups in total. The van der Waals surface area contributed by atoms with E-state index in [0.29, 0.717) is 28.7 Å². The minimum absolute atomic E-state index is 0.236. The molecule has 0 radical (unpaired) electrons. The monoisotopic (exact) mass is 338 g/mol. The first-order chi connectivity index (χ1) is 10.1. The lowest BCUT2D eigenvalue weighted by Gasteiger charge is -2.05. The van der Waals surface area contributed by atoms with E-state index in [1.165, 1.54) is 11.3 Å². The second-order valence-corrected chi connectivity index (χ2v) is 6.09. The molecule has 0 saturated heterocycles. The fourth-order valence-corrected chi connectivity index (χ4v) is 2.93. The van der Waals surface area contributed by atoms with Crippen molar-refractivity contribution >= 4 is 40.4 Å². The third-order valence-corrected chi connectivity index (χ3v) is 4.12. The summed E-state index contributed by atoms with van der Waals surface area (Å²) >= 11 is 13.3. The highest BCUT2D eigenvalue weighted by atomic mass is 35.5. The predicted molar refractivity (Wildman–Crippen MR) is 87.9 cm³/mol. The number of carbonyl (C=O) groups excluding carboxylic acids is 1. The zero-order chi connectivity index (χ0) is 15.2. The van der Waals surface area contributed by atoms with Crippen LogP contribution in [0.1, 0.15) is 20.1 Å². The molecule has 0 unspecified atom stereocenters. The Morgan fingerprint density at radius 2 is 2.10 bits per heavy atom. The molecule has 1 aromatic carbocycles. The van der Waals surface area contributed by atoms with Gasteiger partial charge < -0.3 is 11.1 Å². The molecular formula is C15H12Cl2N2OS. The van der Waals surface area contributed by atoms with Gasteiger partial charge in [-0.3, -0.25) is 4.79 Å². The normalized spacial score (nSPS) is 9.86. The van der Waals surface area contributed by atoms with Gasteiger partial charge in [-0.15, -0.1) is 11.3 Å². The van der Waals surface area contributed by atoms with Crippen LogP contribution < -0.4 is 11.1 Å². The molecule has 1 amide bonds. The van der Waals surface area contributed by atoms with Crippen LogP contribution in [-0.4, -0.2) is 12.5 Å². The fraction of sp³-hybridized carbons (Fsp3) is 0.133. The van der Waals surface area contributed by atoms with E-state index in [1.807, 2.05) is 12.1 Å². The second kappa shape index (κ2) is 7.48. The highest BCUT2D eigenvalue weighted by Crippen LogP contribution is 2.21. The Kier molecular flexibility index (Phi) is 5.66. The summed E-state index contributed by atoms with van der Waals surface area (Å²) < 4.78 is 0. The molecule has 1 aromatic heterocycles. The molecule has 0 saturated carbocycles. The molecule has 0 spiro atoms. The molecule has 21 heavy (non-hydrogen) atoms. The van der Waals surface area contributed by atoms with Gasteiger partial charge in [-0.25, -0.2) is 0 Å². The summed E-state index contributed by atoms with van der Waals surface area (Å²) in [5.74, 6) is 5.51. The largest absolute Gasteiger partial charge is 0.347 e. The van der Waals surface area contributed by atoms with Crippen LogP contribution in [0.25, 0.3) is 0 Å². The lowest BCUT2D eigenvalue weighted by Crippen LogP contribution is -2.22. The van der Waals surface area contributed by atoms with E-state index in [9.17, 15) is 4.79 Å². The van der Waals surface area contributed by atoms with Crippen LogP contribution in [0.2, 0.25) is 10.0 Å². The summed E-state index contributed by atoms with van der Waals surface area (Å²) in [6.45, 7) is 0.756. The second-order valence-electron chi connectivity index (χ2n) is 4.08. The first-order valence-corrected chi connectivity index (χ1v) is 7.68. The molecule has 6 heteroatoms. The molecule has 2 rings (SSSR count). The summed E-state index contributed by atoms with van der Waals surface area (Å²) in [5.41, 5.74) is 5.73. The van der Waals surface area contributed by atoms with Gasteiger partial charge >= 0.3 is 0 Å². The van der Waals surface area contributed by atoms with Gasteiger partial charge in [0.15, 0.2) is 0 Å². The summed E-state index contributed by atoms with van der Waals surface area (Å²) in [6, 6.07) is 8.61. The number of nitrogens with two attached hydrogens (primary N) is 1. The van der Waals surface area contributed by atoms with Crippen molar-refractivity contribution in [2.24, 2.45) is 5.73 Å². The maximum atomic E-state index is 12.1. The molecular weight excluding hydrogens is 327 g/mol. The Morgan fingerprint density at radius 1 is 1.29 bits per heavy atom. The van der Waals surface area contributed by atoms with Crippen LogP contribution >= 0.6 is 34.5 Å². The number of rotatable bonds is 3. The maximum absolute atomic E-state index is 12.1. The number of thiophene rings is 1. The highest BCUT2D eigenvalue weighted by molar-refractivity contribution is 7.12. The summed E-state index contributed by atoms with van der Waals surface area (Å²) in [6.07, 6.45) is 0. The fourth-order valence-electron chi connectivity index (χ4n) is 1.61. The third kappa shape index (κ3) is 4.48. The lowest BCUT2D eigenvalue weighted by molar-refractivity contribution is 0.0951.